The summed E-state index contributed by atoms with van der Waals surface area (Å²) in [5, 5.41) is 10.1. The Hall–Kier alpha value is -0.410. The summed E-state index contributed by atoms with van der Waals surface area (Å²) in [6.45, 7) is 1.91. The maximum absolute atomic E-state index is 9.97. The standard InChI is InChI=1S/C5H9NO.CH4O/c7-4-5-1-2-6-3-5;1-2/h4-6H,1-3H2;2H,1H3. The first kappa shape index (κ1) is 8.59. The molecule has 2 N–H and O–H groups in total. The Kier molecular flexibility index (Phi) is 5.46. The highest BCUT2D eigenvalue weighted by molar-refractivity contribution is 5.54. The minimum atomic E-state index is 0.306. The van der Waals surface area contributed by atoms with Gasteiger partial charge in [0.05, 0.1) is 0 Å². The third kappa shape index (κ3) is 3.21. The number of nitrogens with one attached hydrogen (secondary N) is 1. The van der Waals surface area contributed by atoms with E-state index in [0.29, 0.717) is 5.92 Å². The van der Waals surface area contributed by atoms with Crippen LogP contribution in [0.2, 0.25) is 0 Å². The first-order valence-corrected chi connectivity index (χ1v) is 3.04. The van der Waals surface area contributed by atoms with Crippen LogP contribution < -0.4 is 5.32 Å². The van der Waals surface area contributed by atoms with Gasteiger partial charge >= 0.3 is 0 Å². The summed E-state index contributed by atoms with van der Waals surface area (Å²) in [6.07, 6.45) is 2.06. The highest BCUT2D eigenvalue weighted by Gasteiger charge is 2.11. The molecule has 0 aromatic carbocycles. The van der Waals surface area contributed by atoms with Gasteiger partial charge < -0.3 is 15.2 Å². The van der Waals surface area contributed by atoms with Crippen LogP contribution in [-0.2, 0) is 4.79 Å². The number of rotatable bonds is 1. The van der Waals surface area contributed by atoms with Crippen molar-refractivity contribution in [2.75, 3.05) is 20.2 Å². The van der Waals surface area contributed by atoms with E-state index in [1.54, 1.807) is 0 Å². The Morgan fingerprint density at radius 2 is 2.33 bits per heavy atom. The molecule has 0 amide bonds. The molecule has 1 heterocycles. The van der Waals surface area contributed by atoms with E-state index in [-0.39, 0.29) is 0 Å². The van der Waals surface area contributed by atoms with E-state index in [0.717, 1.165) is 32.9 Å². The molecule has 3 heteroatoms. The Bertz CT molecular complexity index is 69.5. The summed E-state index contributed by atoms with van der Waals surface area (Å²) in [6, 6.07) is 0. The zero-order valence-corrected chi connectivity index (χ0v) is 5.63. The summed E-state index contributed by atoms with van der Waals surface area (Å²) in [5.74, 6) is 0.306. The minimum absolute atomic E-state index is 0.306. The van der Waals surface area contributed by atoms with Gasteiger partial charge in [-0.15, -0.1) is 0 Å². The molecular weight excluding hydrogens is 118 g/mol. The largest absolute Gasteiger partial charge is 0.400 e. The quantitative estimate of drug-likeness (QED) is 0.467. The SMILES string of the molecule is CO.O=CC1CCNC1. The van der Waals surface area contributed by atoms with Crippen molar-refractivity contribution in [1.29, 1.82) is 0 Å². The molecule has 1 saturated heterocycles. The number of hydrogen-bond donors (Lipinski definition) is 2. The molecule has 0 bridgehead atoms. The van der Waals surface area contributed by atoms with E-state index in [1.807, 2.05) is 0 Å². The van der Waals surface area contributed by atoms with Crippen LogP contribution in [0.15, 0.2) is 0 Å². The third-order valence-corrected chi connectivity index (χ3v) is 1.29. The van der Waals surface area contributed by atoms with Crippen LogP contribution in [0.5, 0.6) is 0 Å². The van der Waals surface area contributed by atoms with Crippen LogP contribution in [-0.4, -0.2) is 31.6 Å². The van der Waals surface area contributed by atoms with Gasteiger partial charge in [0.1, 0.15) is 6.29 Å². The second kappa shape index (κ2) is 5.72. The Balaban J connectivity index is 0.000000291. The second-order valence-electron chi connectivity index (χ2n) is 1.89. The van der Waals surface area contributed by atoms with Gasteiger partial charge in [-0.05, 0) is 13.0 Å². The molecule has 0 aliphatic carbocycles. The first-order chi connectivity index (χ1) is 4.43. The van der Waals surface area contributed by atoms with Crippen molar-refractivity contribution in [2.45, 2.75) is 6.42 Å². The van der Waals surface area contributed by atoms with Gasteiger partial charge in [0, 0.05) is 19.6 Å². The van der Waals surface area contributed by atoms with Crippen molar-refractivity contribution in [3.63, 3.8) is 0 Å². The van der Waals surface area contributed by atoms with Gasteiger partial charge in [0.25, 0.3) is 0 Å². The first-order valence-electron chi connectivity index (χ1n) is 3.04. The van der Waals surface area contributed by atoms with Crippen LogP contribution in [0, 0.1) is 5.92 Å². The molecule has 9 heavy (non-hydrogen) atoms. The summed E-state index contributed by atoms with van der Waals surface area (Å²) >= 11 is 0. The maximum Gasteiger partial charge on any atom is 0.124 e. The van der Waals surface area contributed by atoms with Crippen molar-refractivity contribution in [3.8, 4) is 0 Å². The molecule has 1 aliphatic heterocycles. The van der Waals surface area contributed by atoms with Crippen molar-refractivity contribution in [2.24, 2.45) is 5.92 Å². The van der Waals surface area contributed by atoms with E-state index in [4.69, 9.17) is 5.11 Å². The molecule has 0 radical (unpaired) electrons. The average Bonchev–Trinajstić information content (AvgIpc) is 2.43. The zero-order valence-electron chi connectivity index (χ0n) is 5.63. The van der Waals surface area contributed by atoms with Crippen LogP contribution in [0.3, 0.4) is 0 Å². The second-order valence-corrected chi connectivity index (χ2v) is 1.89. The zero-order chi connectivity index (χ0) is 7.11. The Labute approximate surface area is 55.1 Å². The van der Waals surface area contributed by atoms with E-state index >= 15 is 0 Å². The fourth-order valence-electron chi connectivity index (χ4n) is 0.793. The molecule has 0 aromatic heterocycles. The lowest BCUT2D eigenvalue weighted by Crippen LogP contribution is -2.09. The fraction of sp³-hybridized carbons (Fsp3) is 0.833. The lowest BCUT2D eigenvalue weighted by atomic mass is 10.2. The van der Waals surface area contributed by atoms with Crippen LogP contribution in [0.1, 0.15) is 6.42 Å². The van der Waals surface area contributed by atoms with Gasteiger partial charge in [-0.25, -0.2) is 0 Å². The number of hydrogen-bond acceptors (Lipinski definition) is 3. The topological polar surface area (TPSA) is 49.3 Å². The van der Waals surface area contributed by atoms with Crippen LogP contribution >= 0.6 is 0 Å². The lowest BCUT2D eigenvalue weighted by Gasteiger charge is -1.89. The predicted octanol–water partition coefficient (Wildman–Crippen LogP) is -0.597. The molecular formula is C6H13NO2. The number of carbonyl (C=O) groups is 1. The van der Waals surface area contributed by atoms with E-state index in [9.17, 15) is 4.79 Å². The van der Waals surface area contributed by atoms with Crippen molar-refractivity contribution in [3.05, 3.63) is 0 Å². The molecule has 0 spiro atoms. The molecule has 0 aromatic rings. The van der Waals surface area contributed by atoms with Crippen molar-refractivity contribution < 1.29 is 9.90 Å². The van der Waals surface area contributed by atoms with Crippen molar-refractivity contribution in [1.82, 2.24) is 5.32 Å². The number of aliphatic hydroxyl groups is 1. The van der Waals surface area contributed by atoms with Gasteiger partial charge in [0.2, 0.25) is 0 Å². The molecule has 3 nitrogen and oxygen atoms in total. The van der Waals surface area contributed by atoms with Gasteiger partial charge in [-0.1, -0.05) is 0 Å². The van der Waals surface area contributed by atoms with Gasteiger partial charge in [-0.3, -0.25) is 0 Å². The number of aldehydes is 1. The van der Waals surface area contributed by atoms with Crippen molar-refractivity contribution >= 4 is 6.29 Å². The summed E-state index contributed by atoms with van der Waals surface area (Å²) in [5.41, 5.74) is 0. The highest BCUT2D eigenvalue weighted by atomic mass is 16.2. The van der Waals surface area contributed by atoms with Crippen LogP contribution in [0.4, 0.5) is 0 Å². The highest BCUT2D eigenvalue weighted by Crippen LogP contribution is 2.01. The van der Waals surface area contributed by atoms with Gasteiger partial charge in [0.15, 0.2) is 0 Å². The van der Waals surface area contributed by atoms with Crippen LogP contribution in [0.25, 0.3) is 0 Å². The van der Waals surface area contributed by atoms with Gasteiger partial charge in [-0.2, -0.15) is 0 Å². The third-order valence-electron chi connectivity index (χ3n) is 1.29. The molecule has 1 fully saturated rings. The predicted molar refractivity (Wildman–Crippen MR) is 35.2 cm³/mol. The molecule has 1 rings (SSSR count). The maximum atomic E-state index is 9.97. The molecule has 0 saturated carbocycles. The monoisotopic (exact) mass is 131 g/mol. The fourth-order valence-corrected chi connectivity index (χ4v) is 0.793. The molecule has 1 unspecified atom stereocenters. The lowest BCUT2D eigenvalue weighted by molar-refractivity contribution is -0.110. The summed E-state index contributed by atoms with van der Waals surface area (Å²) in [7, 11) is 1.00. The number of carbonyl (C=O) groups excluding carboxylic acids is 1. The van der Waals surface area contributed by atoms with E-state index in [2.05, 4.69) is 5.32 Å². The molecule has 54 valence electrons. The average molecular weight is 131 g/mol. The summed E-state index contributed by atoms with van der Waals surface area (Å²) < 4.78 is 0. The van der Waals surface area contributed by atoms with E-state index < -0.39 is 0 Å². The normalized spacial score (nSPS) is 24.4. The Morgan fingerprint density at radius 3 is 2.56 bits per heavy atom. The minimum Gasteiger partial charge on any atom is -0.400 e. The molecule has 1 atom stereocenters. The van der Waals surface area contributed by atoms with E-state index in [1.165, 1.54) is 0 Å². The number of aliphatic hydroxyl groups excluding tert-OH is 1. The molecule has 1 aliphatic rings. The summed E-state index contributed by atoms with van der Waals surface area (Å²) in [4.78, 5) is 9.97. The Morgan fingerprint density at radius 1 is 1.67 bits per heavy atom. The smallest absolute Gasteiger partial charge is 0.124 e.